The van der Waals surface area contributed by atoms with Crippen LogP contribution in [0.3, 0.4) is 0 Å². The maximum absolute atomic E-state index is 14.4. The summed E-state index contributed by atoms with van der Waals surface area (Å²) in [7, 11) is -2.88. The average molecular weight is 468 g/mol. The molecule has 0 spiro atoms. The van der Waals surface area contributed by atoms with Gasteiger partial charge in [-0.2, -0.15) is 13.2 Å². The van der Waals surface area contributed by atoms with Crippen molar-refractivity contribution in [2.45, 2.75) is 22.4 Å². The zero-order valence-corrected chi connectivity index (χ0v) is 17.3. The number of aliphatic carboxylic acids is 1. The smallest absolute Gasteiger partial charge is 0.416 e. The van der Waals surface area contributed by atoms with Crippen LogP contribution < -0.4 is 4.74 Å². The second-order valence-electron chi connectivity index (χ2n) is 6.81. The Morgan fingerprint density at radius 1 is 1.00 bits per heavy atom. The third-order valence-corrected chi connectivity index (χ3v) is 6.32. The van der Waals surface area contributed by atoms with E-state index < -0.39 is 39.8 Å². The minimum atomic E-state index is -4.72. The van der Waals surface area contributed by atoms with Crippen LogP contribution in [-0.2, 0) is 27.2 Å². The highest BCUT2D eigenvalue weighted by Crippen LogP contribution is 2.34. The number of rotatable bonds is 6. The average Bonchev–Trinajstić information content (AvgIpc) is 2.72. The summed E-state index contributed by atoms with van der Waals surface area (Å²) < 4.78 is 84.1. The summed E-state index contributed by atoms with van der Waals surface area (Å²) >= 11 is 0. The maximum Gasteiger partial charge on any atom is 0.416 e. The number of methoxy groups -OCH3 is 1. The van der Waals surface area contributed by atoms with E-state index >= 15 is 0 Å². The van der Waals surface area contributed by atoms with Crippen LogP contribution in [0.25, 0.3) is 11.1 Å². The van der Waals surface area contributed by atoms with Gasteiger partial charge in [-0.15, -0.1) is 0 Å². The first kappa shape index (κ1) is 23.3. The van der Waals surface area contributed by atoms with Gasteiger partial charge in [-0.05, 0) is 53.6 Å². The van der Waals surface area contributed by atoms with Crippen molar-refractivity contribution >= 4 is 15.8 Å². The number of benzene rings is 3. The van der Waals surface area contributed by atoms with E-state index in [-0.39, 0.29) is 32.2 Å². The topological polar surface area (TPSA) is 80.7 Å². The third-order valence-electron chi connectivity index (χ3n) is 4.59. The number of carbonyl (C=O) groups is 1. The monoisotopic (exact) mass is 468 g/mol. The zero-order valence-electron chi connectivity index (χ0n) is 16.5. The van der Waals surface area contributed by atoms with Gasteiger partial charge in [0.1, 0.15) is 11.6 Å². The minimum Gasteiger partial charge on any atom is -0.497 e. The number of carboxylic acid groups (broad SMARTS) is 1. The molecule has 0 aliphatic rings. The van der Waals surface area contributed by atoms with Crippen LogP contribution >= 0.6 is 0 Å². The quantitative estimate of drug-likeness (QED) is 0.516. The molecule has 5 nitrogen and oxygen atoms in total. The molecular formula is C22H16F4O5S. The molecular weight excluding hydrogens is 452 g/mol. The molecule has 3 aromatic carbocycles. The Kier molecular flexibility index (Phi) is 6.27. The fourth-order valence-electron chi connectivity index (χ4n) is 3.07. The Bertz CT molecular complexity index is 1280. The van der Waals surface area contributed by atoms with Crippen molar-refractivity contribution in [1.29, 1.82) is 0 Å². The minimum absolute atomic E-state index is 0.0611. The fraction of sp³-hybridized carbons (Fsp3) is 0.136. The molecule has 0 aliphatic carbocycles. The van der Waals surface area contributed by atoms with E-state index in [9.17, 15) is 30.8 Å². The van der Waals surface area contributed by atoms with E-state index in [1.807, 2.05) is 0 Å². The van der Waals surface area contributed by atoms with E-state index in [0.717, 1.165) is 12.1 Å². The van der Waals surface area contributed by atoms with Crippen LogP contribution in [0.5, 0.6) is 5.75 Å². The molecule has 0 amide bonds. The van der Waals surface area contributed by atoms with Crippen molar-refractivity contribution in [2.75, 3.05) is 7.11 Å². The van der Waals surface area contributed by atoms with Crippen molar-refractivity contribution in [3.63, 3.8) is 0 Å². The SMILES string of the molecule is COc1cc(CC(=O)O)cc(S(=O)(=O)c2cccc(-c3ccc(C(F)(F)F)cc3F)c2)c1. The van der Waals surface area contributed by atoms with Gasteiger partial charge in [-0.3, -0.25) is 4.79 Å². The van der Waals surface area contributed by atoms with Gasteiger partial charge in [0.05, 0.1) is 28.9 Å². The van der Waals surface area contributed by atoms with Gasteiger partial charge in [0, 0.05) is 5.56 Å². The number of hydrogen-bond donors (Lipinski definition) is 1. The van der Waals surface area contributed by atoms with E-state index in [1.165, 1.54) is 43.5 Å². The molecule has 32 heavy (non-hydrogen) atoms. The van der Waals surface area contributed by atoms with Crippen LogP contribution in [0, 0.1) is 5.82 Å². The number of halogens is 4. The molecule has 0 atom stereocenters. The third kappa shape index (κ3) is 4.91. The molecule has 0 aromatic heterocycles. The number of sulfone groups is 1. The Labute approximate surface area is 180 Å². The van der Waals surface area contributed by atoms with Crippen molar-refractivity contribution in [1.82, 2.24) is 0 Å². The van der Waals surface area contributed by atoms with Gasteiger partial charge in [0.2, 0.25) is 9.84 Å². The molecule has 3 rings (SSSR count). The zero-order chi connectivity index (χ0) is 23.7. The molecule has 168 valence electrons. The summed E-state index contributed by atoms with van der Waals surface area (Å²) in [5.41, 5.74) is -1.11. The first-order chi connectivity index (χ1) is 14.9. The van der Waals surface area contributed by atoms with Crippen LogP contribution in [0.4, 0.5) is 17.6 Å². The van der Waals surface area contributed by atoms with Crippen LogP contribution in [0.15, 0.2) is 70.5 Å². The molecule has 0 fully saturated rings. The van der Waals surface area contributed by atoms with Gasteiger partial charge in [-0.1, -0.05) is 18.2 Å². The predicted octanol–water partition coefficient (Wildman–Crippen LogP) is 4.98. The Balaban J connectivity index is 2.07. The van der Waals surface area contributed by atoms with Crippen molar-refractivity contribution < 1.29 is 40.6 Å². The lowest BCUT2D eigenvalue weighted by atomic mass is 10.0. The molecule has 3 aromatic rings. The highest BCUT2D eigenvalue weighted by molar-refractivity contribution is 7.91. The van der Waals surface area contributed by atoms with Crippen molar-refractivity contribution in [3.8, 4) is 16.9 Å². The summed E-state index contributed by atoms with van der Waals surface area (Å²) in [5, 5.41) is 9.00. The Morgan fingerprint density at radius 2 is 1.72 bits per heavy atom. The molecule has 0 unspecified atom stereocenters. The Morgan fingerprint density at radius 3 is 2.31 bits per heavy atom. The molecule has 10 heteroatoms. The normalized spacial score (nSPS) is 11.9. The number of ether oxygens (including phenoxy) is 1. The van der Waals surface area contributed by atoms with Gasteiger partial charge in [-0.25, -0.2) is 12.8 Å². The summed E-state index contributed by atoms with van der Waals surface area (Å²) in [6.07, 6.45) is -5.15. The first-order valence-electron chi connectivity index (χ1n) is 9.04. The largest absolute Gasteiger partial charge is 0.497 e. The number of alkyl halides is 3. The molecule has 1 N–H and O–H groups in total. The van der Waals surface area contributed by atoms with Crippen molar-refractivity contribution in [2.24, 2.45) is 0 Å². The second-order valence-corrected chi connectivity index (χ2v) is 8.76. The highest BCUT2D eigenvalue weighted by atomic mass is 32.2. The van der Waals surface area contributed by atoms with E-state index in [0.29, 0.717) is 12.1 Å². The van der Waals surface area contributed by atoms with Gasteiger partial charge in [0.15, 0.2) is 0 Å². The lowest BCUT2D eigenvalue weighted by molar-refractivity contribution is -0.138. The predicted molar refractivity (Wildman–Crippen MR) is 107 cm³/mol. The van der Waals surface area contributed by atoms with E-state index in [2.05, 4.69) is 0 Å². The molecule has 0 bridgehead atoms. The van der Waals surface area contributed by atoms with Gasteiger partial charge in [0.25, 0.3) is 0 Å². The first-order valence-corrected chi connectivity index (χ1v) is 10.5. The van der Waals surface area contributed by atoms with Crippen LogP contribution in [-0.4, -0.2) is 26.6 Å². The van der Waals surface area contributed by atoms with Gasteiger partial charge < -0.3 is 9.84 Å². The molecule has 0 saturated heterocycles. The molecule has 0 saturated carbocycles. The van der Waals surface area contributed by atoms with Crippen LogP contribution in [0.2, 0.25) is 0 Å². The lowest BCUT2D eigenvalue weighted by Gasteiger charge is -2.12. The van der Waals surface area contributed by atoms with Crippen molar-refractivity contribution in [3.05, 3.63) is 77.6 Å². The highest BCUT2D eigenvalue weighted by Gasteiger charge is 2.31. The maximum atomic E-state index is 14.4. The number of hydrogen-bond acceptors (Lipinski definition) is 4. The standard InChI is InChI=1S/C22H16F4O5S/c1-31-16-7-13(9-21(27)28)8-18(12-16)32(29,30)17-4-2-3-14(10-17)19-6-5-15(11-20(19)23)22(24,25)26/h2-8,10-12H,9H2,1H3,(H,27,28). The summed E-state index contributed by atoms with van der Waals surface area (Å²) in [5.74, 6) is -2.19. The molecule has 0 radical (unpaired) electrons. The molecule has 0 heterocycles. The summed E-state index contributed by atoms with van der Waals surface area (Å²) in [6.45, 7) is 0. The Hall–Kier alpha value is -3.40. The molecule has 0 aliphatic heterocycles. The van der Waals surface area contributed by atoms with E-state index in [4.69, 9.17) is 9.84 Å². The van der Waals surface area contributed by atoms with Gasteiger partial charge >= 0.3 is 12.1 Å². The van der Waals surface area contributed by atoms with E-state index in [1.54, 1.807) is 0 Å². The second kappa shape index (κ2) is 8.62. The number of carboxylic acids is 1. The summed E-state index contributed by atoms with van der Waals surface area (Å²) in [4.78, 5) is 10.5. The fourth-order valence-corrected chi connectivity index (χ4v) is 4.46. The lowest BCUT2D eigenvalue weighted by Crippen LogP contribution is -2.06. The summed E-state index contributed by atoms with van der Waals surface area (Å²) in [6, 6.07) is 10.9. The van der Waals surface area contributed by atoms with Crippen LogP contribution in [0.1, 0.15) is 11.1 Å².